The molecule has 6 heteroatoms. The van der Waals surface area contributed by atoms with Crippen molar-refractivity contribution in [3.8, 4) is 0 Å². The van der Waals surface area contributed by atoms with Gasteiger partial charge in [-0.15, -0.1) is 0 Å². The smallest absolute Gasteiger partial charge is 0.271 e. The van der Waals surface area contributed by atoms with Crippen LogP contribution in [0.25, 0.3) is 0 Å². The molecule has 19 heavy (non-hydrogen) atoms. The number of nitrogens with two attached hydrogens (primary N) is 1. The van der Waals surface area contributed by atoms with E-state index in [1.807, 2.05) is 31.5 Å². The highest BCUT2D eigenvalue weighted by molar-refractivity contribution is 9.10. The van der Waals surface area contributed by atoms with E-state index in [9.17, 15) is 9.59 Å². The molecule has 0 bridgehead atoms. The zero-order valence-electron chi connectivity index (χ0n) is 11.5. The molecular formula is C13H20BrN3O2. The van der Waals surface area contributed by atoms with Gasteiger partial charge in [0.05, 0.1) is 6.54 Å². The number of carbonyl (C=O) groups excluding carboxylic acids is 2. The van der Waals surface area contributed by atoms with Gasteiger partial charge < -0.3 is 15.2 Å². The van der Waals surface area contributed by atoms with Crippen molar-refractivity contribution in [3.63, 3.8) is 0 Å². The van der Waals surface area contributed by atoms with Gasteiger partial charge in [-0.3, -0.25) is 9.59 Å². The number of nitrogens with zero attached hydrogens (tertiary/aromatic N) is 2. The fraction of sp³-hybridized carbons (Fsp3) is 0.538. The minimum absolute atomic E-state index is 0.0641. The second-order valence-corrected chi connectivity index (χ2v) is 5.65. The molecule has 0 radical (unpaired) electrons. The van der Waals surface area contributed by atoms with E-state index < -0.39 is 5.91 Å². The van der Waals surface area contributed by atoms with Gasteiger partial charge in [0.1, 0.15) is 5.69 Å². The number of primary amides is 1. The Kier molecular flexibility index (Phi) is 5.60. The molecule has 106 valence electrons. The molecule has 1 aromatic heterocycles. The summed E-state index contributed by atoms with van der Waals surface area (Å²) in [7, 11) is 0. The lowest BCUT2D eigenvalue weighted by Gasteiger charge is -2.25. The summed E-state index contributed by atoms with van der Waals surface area (Å²) in [5, 5.41) is 0. The van der Waals surface area contributed by atoms with Gasteiger partial charge in [-0.25, -0.2) is 0 Å². The van der Waals surface area contributed by atoms with E-state index in [0.717, 1.165) is 17.4 Å². The van der Waals surface area contributed by atoms with Crippen molar-refractivity contribution in [1.82, 2.24) is 9.47 Å². The summed E-state index contributed by atoms with van der Waals surface area (Å²) >= 11 is 3.38. The van der Waals surface area contributed by atoms with Crippen molar-refractivity contribution < 1.29 is 9.59 Å². The number of amides is 2. The van der Waals surface area contributed by atoms with Crippen LogP contribution in [0.3, 0.4) is 0 Å². The standard InChI is InChI=1S/C13H20BrN3O2/c1-4-5-16-7-10(14)6-11(16)13(19)17(9(2)3)8-12(15)18/h6-7,9H,4-5,8H2,1-3H3,(H2,15,18). The van der Waals surface area contributed by atoms with Gasteiger partial charge in [0.2, 0.25) is 5.91 Å². The summed E-state index contributed by atoms with van der Waals surface area (Å²) in [6, 6.07) is 1.69. The van der Waals surface area contributed by atoms with E-state index in [4.69, 9.17) is 5.73 Å². The first-order chi connectivity index (χ1) is 8.86. The van der Waals surface area contributed by atoms with E-state index in [2.05, 4.69) is 15.9 Å². The molecule has 0 saturated heterocycles. The van der Waals surface area contributed by atoms with Crippen LogP contribution >= 0.6 is 15.9 Å². The first-order valence-corrected chi connectivity index (χ1v) is 7.11. The molecule has 2 N–H and O–H groups in total. The van der Waals surface area contributed by atoms with E-state index >= 15 is 0 Å². The Labute approximate surface area is 121 Å². The van der Waals surface area contributed by atoms with Crippen molar-refractivity contribution in [1.29, 1.82) is 0 Å². The van der Waals surface area contributed by atoms with Crippen molar-refractivity contribution in [3.05, 3.63) is 22.4 Å². The summed E-state index contributed by atoms with van der Waals surface area (Å²) in [5.74, 6) is -0.678. The molecule has 0 spiro atoms. The minimum atomic E-state index is -0.505. The maximum Gasteiger partial charge on any atom is 0.271 e. The van der Waals surface area contributed by atoms with Gasteiger partial charge in [0.25, 0.3) is 5.91 Å². The van der Waals surface area contributed by atoms with Crippen molar-refractivity contribution in [2.75, 3.05) is 6.54 Å². The molecule has 0 aliphatic heterocycles. The second kappa shape index (κ2) is 6.75. The fourth-order valence-electron chi connectivity index (χ4n) is 1.88. The summed E-state index contributed by atoms with van der Waals surface area (Å²) in [4.78, 5) is 25.1. The Bertz CT molecular complexity index is 468. The number of hydrogen-bond acceptors (Lipinski definition) is 2. The van der Waals surface area contributed by atoms with Crippen LogP contribution in [0.2, 0.25) is 0 Å². The molecular weight excluding hydrogens is 310 g/mol. The number of rotatable bonds is 6. The highest BCUT2D eigenvalue weighted by Crippen LogP contribution is 2.18. The normalized spacial score (nSPS) is 10.8. The predicted molar refractivity (Wildman–Crippen MR) is 77.8 cm³/mol. The Morgan fingerprint density at radius 1 is 1.47 bits per heavy atom. The quantitative estimate of drug-likeness (QED) is 0.867. The van der Waals surface area contributed by atoms with Crippen LogP contribution in [0.15, 0.2) is 16.7 Å². The molecule has 0 atom stereocenters. The van der Waals surface area contributed by atoms with Gasteiger partial charge >= 0.3 is 0 Å². The Morgan fingerprint density at radius 3 is 2.58 bits per heavy atom. The van der Waals surface area contributed by atoms with Crippen LogP contribution in [-0.2, 0) is 11.3 Å². The molecule has 0 fully saturated rings. The molecule has 0 aliphatic carbocycles. The Morgan fingerprint density at radius 2 is 2.11 bits per heavy atom. The summed E-state index contributed by atoms with van der Waals surface area (Å²) in [6.07, 6.45) is 2.80. The molecule has 5 nitrogen and oxygen atoms in total. The third-order valence-corrected chi connectivity index (χ3v) is 3.19. The minimum Gasteiger partial charge on any atom is -0.368 e. The van der Waals surface area contributed by atoms with Crippen molar-refractivity contribution in [2.45, 2.75) is 39.8 Å². The van der Waals surface area contributed by atoms with Gasteiger partial charge in [-0.2, -0.15) is 0 Å². The Balaban J connectivity index is 3.05. The molecule has 0 aromatic carbocycles. The fourth-order valence-corrected chi connectivity index (χ4v) is 2.35. The van der Waals surface area contributed by atoms with Gasteiger partial charge in [-0.05, 0) is 42.3 Å². The molecule has 0 unspecified atom stereocenters. The van der Waals surface area contributed by atoms with Crippen LogP contribution in [0.4, 0.5) is 0 Å². The number of halogens is 1. The maximum absolute atomic E-state index is 12.5. The molecule has 0 aliphatic rings. The summed E-state index contributed by atoms with van der Waals surface area (Å²) < 4.78 is 2.75. The van der Waals surface area contributed by atoms with Crippen LogP contribution < -0.4 is 5.73 Å². The lowest BCUT2D eigenvalue weighted by molar-refractivity contribution is -0.119. The lowest BCUT2D eigenvalue weighted by atomic mass is 10.2. The molecule has 1 heterocycles. The number of carbonyl (C=O) groups is 2. The SMILES string of the molecule is CCCn1cc(Br)cc1C(=O)N(CC(N)=O)C(C)C. The zero-order chi connectivity index (χ0) is 14.6. The van der Waals surface area contributed by atoms with Crippen molar-refractivity contribution in [2.24, 2.45) is 5.73 Å². The monoisotopic (exact) mass is 329 g/mol. The largest absolute Gasteiger partial charge is 0.368 e. The number of aryl methyl sites for hydroxylation is 1. The predicted octanol–water partition coefficient (Wildman–Crippen LogP) is 2.00. The molecule has 1 rings (SSSR count). The van der Waals surface area contributed by atoms with Crippen LogP contribution in [0.1, 0.15) is 37.7 Å². The van der Waals surface area contributed by atoms with E-state index in [1.54, 1.807) is 6.07 Å². The van der Waals surface area contributed by atoms with Gasteiger partial charge in [-0.1, -0.05) is 6.92 Å². The van der Waals surface area contributed by atoms with Crippen LogP contribution in [-0.4, -0.2) is 33.9 Å². The van der Waals surface area contributed by atoms with Crippen LogP contribution in [0, 0.1) is 0 Å². The molecule has 1 aromatic rings. The Hall–Kier alpha value is -1.30. The van der Waals surface area contributed by atoms with E-state index in [-0.39, 0.29) is 18.5 Å². The summed E-state index contributed by atoms with van der Waals surface area (Å²) in [5.41, 5.74) is 5.77. The summed E-state index contributed by atoms with van der Waals surface area (Å²) in [6.45, 7) is 6.47. The topological polar surface area (TPSA) is 68.3 Å². The first kappa shape index (κ1) is 15.8. The third kappa shape index (κ3) is 4.09. The lowest BCUT2D eigenvalue weighted by Crippen LogP contribution is -2.43. The zero-order valence-corrected chi connectivity index (χ0v) is 13.1. The van der Waals surface area contributed by atoms with Crippen molar-refractivity contribution >= 4 is 27.7 Å². The highest BCUT2D eigenvalue weighted by atomic mass is 79.9. The average molecular weight is 330 g/mol. The third-order valence-electron chi connectivity index (χ3n) is 2.76. The first-order valence-electron chi connectivity index (χ1n) is 6.31. The van der Waals surface area contributed by atoms with Gasteiger partial charge in [0, 0.05) is 23.3 Å². The maximum atomic E-state index is 12.5. The number of hydrogen-bond donors (Lipinski definition) is 1. The molecule has 0 saturated carbocycles. The molecule has 2 amide bonds. The van der Waals surface area contributed by atoms with Crippen LogP contribution in [0.5, 0.6) is 0 Å². The second-order valence-electron chi connectivity index (χ2n) is 4.73. The van der Waals surface area contributed by atoms with E-state index in [0.29, 0.717) is 5.69 Å². The van der Waals surface area contributed by atoms with E-state index in [1.165, 1.54) is 4.90 Å². The van der Waals surface area contributed by atoms with Gasteiger partial charge in [0.15, 0.2) is 0 Å². The highest BCUT2D eigenvalue weighted by Gasteiger charge is 2.23. The number of aromatic nitrogens is 1. The average Bonchev–Trinajstić information content (AvgIpc) is 2.66.